The number of sulfonamides is 1. The van der Waals surface area contributed by atoms with E-state index in [1.54, 1.807) is 13.1 Å². The average Bonchev–Trinajstić information content (AvgIpc) is 2.62. The molecule has 0 aliphatic carbocycles. The van der Waals surface area contributed by atoms with Crippen LogP contribution in [0.1, 0.15) is 29.8 Å². The Labute approximate surface area is 111 Å². The highest BCUT2D eigenvalue weighted by Gasteiger charge is 2.18. The van der Waals surface area contributed by atoms with Crippen LogP contribution in [0.3, 0.4) is 0 Å². The SMILES string of the molecule is C=C(Cl)CS(=O)(=O)N[C@@H](C)c1ncc(CC)s1. The molecular weight excluding hydrogens is 280 g/mol. The summed E-state index contributed by atoms with van der Waals surface area (Å²) in [4.78, 5) is 5.32. The lowest BCUT2D eigenvalue weighted by Gasteiger charge is -2.11. The van der Waals surface area contributed by atoms with Crippen molar-refractivity contribution in [2.75, 3.05) is 5.75 Å². The number of rotatable bonds is 6. The maximum Gasteiger partial charge on any atom is 0.217 e. The molecule has 96 valence electrons. The van der Waals surface area contributed by atoms with Crippen molar-refractivity contribution in [2.45, 2.75) is 26.3 Å². The minimum absolute atomic E-state index is 0.0954. The summed E-state index contributed by atoms with van der Waals surface area (Å²) < 4.78 is 25.8. The minimum Gasteiger partial charge on any atom is -0.248 e. The Kier molecular flexibility index (Phi) is 5.12. The van der Waals surface area contributed by atoms with Gasteiger partial charge in [-0.05, 0) is 13.3 Å². The van der Waals surface area contributed by atoms with Gasteiger partial charge in [0.1, 0.15) is 5.01 Å². The van der Waals surface area contributed by atoms with Crippen LogP contribution in [-0.2, 0) is 16.4 Å². The van der Waals surface area contributed by atoms with E-state index in [4.69, 9.17) is 11.6 Å². The highest BCUT2D eigenvalue weighted by Crippen LogP contribution is 2.21. The van der Waals surface area contributed by atoms with Crippen LogP contribution in [0, 0.1) is 0 Å². The number of aromatic nitrogens is 1. The first kappa shape index (κ1) is 14.6. The van der Waals surface area contributed by atoms with Crippen molar-refractivity contribution in [1.29, 1.82) is 0 Å². The second-order valence-electron chi connectivity index (χ2n) is 3.63. The van der Waals surface area contributed by atoms with E-state index in [-0.39, 0.29) is 16.8 Å². The van der Waals surface area contributed by atoms with E-state index < -0.39 is 10.0 Å². The molecule has 17 heavy (non-hydrogen) atoms. The Bertz CT molecular complexity index is 496. The average molecular weight is 295 g/mol. The molecule has 1 aromatic heterocycles. The number of nitrogens with zero attached hydrogens (tertiary/aromatic N) is 1. The molecule has 0 fully saturated rings. The lowest BCUT2D eigenvalue weighted by atomic mass is 10.4. The number of aryl methyl sites for hydroxylation is 1. The summed E-state index contributed by atoms with van der Waals surface area (Å²) in [6.45, 7) is 7.16. The van der Waals surface area contributed by atoms with Gasteiger partial charge in [0.15, 0.2) is 0 Å². The summed E-state index contributed by atoms with van der Waals surface area (Å²) in [7, 11) is -3.44. The number of hydrogen-bond acceptors (Lipinski definition) is 4. The molecule has 0 spiro atoms. The van der Waals surface area contributed by atoms with Crippen molar-refractivity contribution >= 4 is 33.0 Å². The predicted molar refractivity (Wildman–Crippen MR) is 71.8 cm³/mol. The topological polar surface area (TPSA) is 59.1 Å². The lowest BCUT2D eigenvalue weighted by Crippen LogP contribution is -2.29. The maximum atomic E-state index is 11.6. The predicted octanol–water partition coefficient (Wildman–Crippen LogP) is 2.44. The van der Waals surface area contributed by atoms with Gasteiger partial charge in [0, 0.05) is 16.1 Å². The number of halogens is 1. The van der Waals surface area contributed by atoms with E-state index in [1.807, 2.05) is 6.92 Å². The molecule has 0 amide bonds. The molecule has 0 radical (unpaired) electrons. The van der Waals surface area contributed by atoms with Crippen molar-refractivity contribution in [3.8, 4) is 0 Å². The fraction of sp³-hybridized carbons (Fsp3) is 0.500. The fourth-order valence-corrected chi connectivity index (χ4v) is 3.76. The Morgan fingerprint density at radius 2 is 2.35 bits per heavy atom. The normalized spacial score (nSPS) is 13.6. The zero-order valence-electron chi connectivity index (χ0n) is 9.73. The van der Waals surface area contributed by atoms with Crippen molar-refractivity contribution < 1.29 is 8.42 Å². The Morgan fingerprint density at radius 1 is 1.71 bits per heavy atom. The van der Waals surface area contributed by atoms with E-state index in [2.05, 4.69) is 16.3 Å². The third kappa shape index (κ3) is 4.75. The molecule has 1 atom stereocenters. The van der Waals surface area contributed by atoms with Gasteiger partial charge in [0.05, 0.1) is 11.8 Å². The molecule has 1 heterocycles. The van der Waals surface area contributed by atoms with Gasteiger partial charge < -0.3 is 0 Å². The van der Waals surface area contributed by atoms with Crippen LogP contribution >= 0.6 is 22.9 Å². The van der Waals surface area contributed by atoms with Crippen LogP contribution in [-0.4, -0.2) is 19.2 Å². The monoisotopic (exact) mass is 294 g/mol. The van der Waals surface area contributed by atoms with Gasteiger partial charge in [-0.1, -0.05) is 25.1 Å². The second-order valence-corrected chi connectivity index (χ2v) is 7.07. The van der Waals surface area contributed by atoms with Gasteiger partial charge in [-0.2, -0.15) is 0 Å². The first-order valence-electron chi connectivity index (χ1n) is 5.12. The van der Waals surface area contributed by atoms with E-state index in [1.165, 1.54) is 11.3 Å². The Hall–Kier alpha value is -0.430. The van der Waals surface area contributed by atoms with Crippen LogP contribution < -0.4 is 4.72 Å². The molecule has 0 saturated heterocycles. The van der Waals surface area contributed by atoms with Gasteiger partial charge >= 0.3 is 0 Å². The Morgan fingerprint density at radius 3 is 2.82 bits per heavy atom. The molecule has 7 heteroatoms. The van der Waals surface area contributed by atoms with Crippen LogP contribution in [0.2, 0.25) is 0 Å². The van der Waals surface area contributed by atoms with E-state index in [0.29, 0.717) is 0 Å². The summed E-state index contributed by atoms with van der Waals surface area (Å²) >= 11 is 7.00. The molecule has 4 nitrogen and oxygen atoms in total. The van der Waals surface area contributed by atoms with Gasteiger partial charge in [-0.3, -0.25) is 0 Å². The molecule has 1 N–H and O–H groups in total. The number of hydrogen-bond donors (Lipinski definition) is 1. The van der Waals surface area contributed by atoms with Crippen molar-refractivity contribution in [3.05, 3.63) is 27.7 Å². The summed E-state index contributed by atoms with van der Waals surface area (Å²) in [5.74, 6) is -0.273. The minimum atomic E-state index is -3.44. The molecule has 0 saturated carbocycles. The fourth-order valence-electron chi connectivity index (χ4n) is 1.25. The third-order valence-electron chi connectivity index (χ3n) is 1.99. The molecular formula is C10H15ClN2O2S2. The van der Waals surface area contributed by atoms with Crippen molar-refractivity contribution in [1.82, 2.24) is 9.71 Å². The summed E-state index contributed by atoms with van der Waals surface area (Å²) in [6.07, 6.45) is 2.67. The van der Waals surface area contributed by atoms with Crippen LogP contribution in [0.15, 0.2) is 17.8 Å². The van der Waals surface area contributed by atoms with Crippen LogP contribution in [0.4, 0.5) is 0 Å². The van der Waals surface area contributed by atoms with E-state index >= 15 is 0 Å². The van der Waals surface area contributed by atoms with E-state index in [0.717, 1.165) is 16.3 Å². The number of thiazole rings is 1. The summed E-state index contributed by atoms with van der Waals surface area (Å²) in [5.41, 5.74) is 0. The van der Waals surface area contributed by atoms with Gasteiger partial charge in [0.25, 0.3) is 0 Å². The first-order chi connectivity index (χ1) is 7.84. The van der Waals surface area contributed by atoms with Crippen molar-refractivity contribution in [3.63, 3.8) is 0 Å². The highest BCUT2D eigenvalue weighted by atomic mass is 35.5. The molecule has 0 aromatic carbocycles. The zero-order valence-corrected chi connectivity index (χ0v) is 12.1. The maximum absolute atomic E-state index is 11.6. The quantitative estimate of drug-likeness (QED) is 0.876. The Balaban J connectivity index is 2.72. The molecule has 0 bridgehead atoms. The van der Waals surface area contributed by atoms with E-state index in [9.17, 15) is 8.42 Å². The third-order valence-corrected chi connectivity index (χ3v) is 5.05. The molecule has 0 unspecified atom stereocenters. The zero-order chi connectivity index (χ0) is 13.1. The molecule has 0 aliphatic rings. The highest BCUT2D eigenvalue weighted by molar-refractivity contribution is 7.89. The smallest absolute Gasteiger partial charge is 0.217 e. The molecule has 1 rings (SSSR count). The summed E-state index contributed by atoms with van der Waals surface area (Å²) in [6, 6.07) is -0.346. The van der Waals surface area contributed by atoms with Gasteiger partial charge in [-0.15, -0.1) is 11.3 Å². The second kappa shape index (κ2) is 5.95. The van der Waals surface area contributed by atoms with Crippen LogP contribution in [0.25, 0.3) is 0 Å². The largest absolute Gasteiger partial charge is 0.248 e. The van der Waals surface area contributed by atoms with Crippen LogP contribution in [0.5, 0.6) is 0 Å². The number of nitrogens with one attached hydrogen (secondary N) is 1. The van der Waals surface area contributed by atoms with Crippen molar-refractivity contribution in [2.24, 2.45) is 0 Å². The first-order valence-corrected chi connectivity index (χ1v) is 7.96. The lowest BCUT2D eigenvalue weighted by molar-refractivity contribution is 0.569. The van der Waals surface area contributed by atoms with Gasteiger partial charge in [-0.25, -0.2) is 18.1 Å². The molecule has 1 aromatic rings. The molecule has 0 aliphatic heterocycles. The van der Waals surface area contributed by atoms with Gasteiger partial charge in [0.2, 0.25) is 10.0 Å². The summed E-state index contributed by atoms with van der Waals surface area (Å²) in [5, 5.41) is 0.851. The standard InChI is InChI=1S/C10H15ClN2O2S2/c1-4-9-5-12-10(16-9)8(3)13-17(14,15)6-7(2)11/h5,8,13H,2,4,6H2,1,3H3/t8-/m0/s1.